The quantitative estimate of drug-likeness (QED) is 0.512. The Labute approximate surface area is 154 Å². The van der Waals surface area contributed by atoms with Crippen LogP contribution in [0.3, 0.4) is 0 Å². The van der Waals surface area contributed by atoms with Crippen molar-refractivity contribution < 1.29 is 23.7 Å². The fraction of sp³-hybridized carbons (Fsp3) is 0.476. The highest BCUT2D eigenvalue weighted by Gasteiger charge is 2.30. The standard InChI is InChI=1S/C21H26O5/c1-2-3-12-23-13-14-24-20(22)21-25-15-16-8-4-5-9-17(16)18-10-6-7-11-19(18)26-21/h4,6-8,10-11,15,19,21H,2-3,5,9,12-14H2,1H3/b16-15?,18-17-. The van der Waals surface area contributed by atoms with Crippen LogP contribution in [-0.2, 0) is 23.7 Å². The van der Waals surface area contributed by atoms with Crippen LogP contribution in [0.2, 0.25) is 0 Å². The average molecular weight is 358 g/mol. The number of hydrogen-bond donors (Lipinski definition) is 0. The first kappa shape index (κ1) is 18.7. The fourth-order valence-electron chi connectivity index (χ4n) is 3.05. The molecule has 5 nitrogen and oxygen atoms in total. The summed E-state index contributed by atoms with van der Waals surface area (Å²) in [5, 5.41) is 0. The molecule has 0 aromatic rings. The Morgan fingerprint density at radius 2 is 2.15 bits per heavy atom. The minimum Gasteiger partial charge on any atom is -0.461 e. The number of ether oxygens (including phenoxy) is 4. The molecule has 2 unspecified atom stereocenters. The molecule has 5 heteroatoms. The third-order valence-corrected chi connectivity index (χ3v) is 4.43. The van der Waals surface area contributed by atoms with Gasteiger partial charge in [-0.05, 0) is 30.4 Å². The van der Waals surface area contributed by atoms with Crippen molar-refractivity contribution in [2.75, 3.05) is 19.8 Å². The number of rotatable bonds is 7. The third kappa shape index (κ3) is 4.74. The summed E-state index contributed by atoms with van der Waals surface area (Å²) in [6.45, 7) is 3.35. The number of esters is 1. The number of allylic oxidation sites excluding steroid dienone is 6. The van der Waals surface area contributed by atoms with E-state index in [1.807, 2.05) is 30.4 Å². The zero-order valence-corrected chi connectivity index (χ0v) is 15.2. The molecule has 26 heavy (non-hydrogen) atoms. The van der Waals surface area contributed by atoms with E-state index in [4.69, 9.17) is 18.9 Å². The van der Waals surface area contributed by atoms with Crippen molar-refractivity contribution in [1.82, 2.24) is 0 Å². The molecule has 2 aliphatic carbocycles. The molecule has 0 saturated carbocycles. The maximum absolute atomic E-state index is 12.4. The van der Waals surface area contributed by atoms with Crippen LogP contribution in [0, 0.1) is 0 Å². The summed E-state index contributed by atoms with van der Waals surface area (Å²) >= 11 is 0. The second-order valence-corrected chi connectivity index (χ2v) is 6.35. The summed E-state index contributed by atoms with van der Waals surface area (Å²) in [6.07, 6.45) is 16.2. The Morgan fingerprint density at radius 1 is 1.23 bits per heavy atom. The summed E-state index contributed by atoms with van der Waals surface area (Å²) in [5.74, 6) is -0.536. The van der Waals surface area contributed by atoms with Crippen LogP contribution in [0.25, 0.3) is 0 Å². The van der Waals surface area contributed by atoms with Crippen molar-refractivity contribution in [3.8, 4) is 0 Å². The van der Waals surface area contributed by atoms with Gasteiger partial charge in [0.05, 0.1) is 12.9 Å². The lowest BCUT2D eigenvalue weighted by Gasteiger charge is -2.29. The van der Waals surface area contributed by atoms with Crippen molar-refractivity contribution >= 4 is 5.97 Å². The van der Waals surface area contributed by atoms with Gasteiger partial charge in [-0.25, -0.2) is 4.79 Å². The SMILES string of the molecule is CCCCOCCOC(=O)C1OC=C2C=CCC/C2=C2\C=CC=CC2O1. The van der Waals surface area contributed by atoms with E-state index in [2.05, 4.69) is 13.0 Å². The molecule has 0 fully saturated rings. The highest BCUT2D eigenvalue weighted by molar-refractivity contribution is 5.73. The molecule has 140 valence electrons. The molecule has 0 N–H and O–H groups in total. The van der Waals surface area contributed by atoms with E-state index in [0.29, 0.717) is 13.2 Å². The average Bonchev–Trinajstić information content (AvgIpc) is 2.66. The summed E-state index contributed by atoms with van der Waals surface area (Å²) < 4.78 is 22.2. The van der Waals surface area contributed by atoms with Gasteiger partial charge in [0, 0.05) is 12.2 Å². The minimum atomic E-state index is -1.09. The van der Waals surface area contributed by atoms with Gasteiger partial charge in [-0.2, -0.15) is 0 Å². The van der Waals surface area contributed by atoms with Crippen LogP contribution >= 0.6 is 0 Å². The molecule has 0 aromatic heterocycles. The van der Waals surface area contributed by atoms with Gasteiger partial charge in [0.15, 0.2) is 0 Å². The van der Waals surface area contributed by atoms with Gasteiger partial charge in [0.25, 0.3) is 6.29 Å². The van der Waals surface area contributed by atoms with Crippen LogP contribution < -0.4 is 0 Å². The zero-order valence-electron chi connectivity index (χ0n) is 15.2. The van der Waals surface area contributed by atoms with E-state index < -0.39 is 12.3 Å². The summed E-state index contributed by atoms with van der Waals surface area (Å²) in [6, 6.07) is 0. The summed E-state index contributed by atoms with van der Waals surface area (Å²) in [4.78, 5) is 12.4. The highest BCUT2D eigenvalue weighted by atomic mass is 16.7. The van der Waals surface area contributed by atoms with Crippen LogP contribution in [0.5, 0.6) is 0 Å². The van der Waals surface area contributed by atoms with Gasteiger partial charge in [-0.15, -0.1) is 0 Å². The lowest BCUT2D eigenvalue weighted by molar-refractivity contribution is -0.189. The van der Waals surface area contributed by atoms with E-state index in [9.17, 15) is 4.79 Å². The molecule has 0 radical (unpaired) electrons. The zero-order chi connectivity index (χ0) is 18.2. The number of carbonyl (C=O) groups is 1. The smallest absolute Gasteiger partial charge is 0.376 e. The van der Waals surface area contributed by atoms with Crippen LogP contribution in [0.4, 0.5) is 0 Å². The summed E-state index contributed by atoms with van der Waals surface area (Å²) in [7, 11) is 0. The molecular weight excluding hydrogens is 332 g/mol. The first-order chi connectivity index (χ1) is 12.8. The number of unbranched alkanes of at least 4 members (excludes halogenated alkanes) is 1. The van der Waals surface area contributed by atoms with E-state index in [-0.39, 0.29) is 12.7 Å². The normalized spacial score (nSPS) is 26.9. The first-order valence-electron chi connectivity index (χ1n) is 9.30. The highest BCUT2D eigenvalue weighted by Crippen LogP contribution is 2.33. The Kier molecular flexibility index (Phi) is 6.86. The van der Waals surface area contributed by atoms with E-state index in [0.717, 1.165) is 36.8 Å². The molecule has 3 aliphatic rings. The Hall–Kier alpha value is -2.11. The lowest BCUT2D eigenvalue weighted by atomic mass is 9.87. The van der Waals surface area contributed by atoms with Crippen LogP contribution in [0.1, 0.15) is 32.6 Å². The van der Waals surface area contributed by atoms with E-state index in [1.54, 1.807) is 6.26 Å². The van der Waals surface area contributed by atoms with Gasteiger partial charge in [0.2, 0.25) is 0 Å². The van der Waals surface area contributed by atoms with Crippen molar-refractivity contribution in [2.24, 2.45) is 0 Å². The van der Waals surface area contributed by atoms with Crippen LogP contribution in [-0.4, -0.2) is 38.2 Å². The molecule has 0 amide bonds. The molecule has 0 aromatic carbocycles. The minimum absolute atomic E-state index is 0.191. The van der Waals surface area contributed by atoms with Gasteiger partial charge in [0.1, 0.15) is 12.7 Å². The molecule has 1 heterocycles. The van der Waals surface area contributed by atoms with E-state index >= 15 is 0 Å². The van der Waals surface area contributed by atoms with E-state index in [1.165, 1.54) is 5.57 Å². The predicted molar refractivity (Wildman–Crippen MR) is 98.2 cm³/mol. The molecule has 0 saturated heterocycles. The molecular formula is C21H26O5. The number of fused-ring (bicyclic) bond motifs is 2. The third-order valence-electron chi connectivity index (χ3n) is 4.43. The second kappa shape index (κ2) is 9.55. The van der Waals surface area contributed by atoms with Gasteiger partial charge in [-0.1, -0.05) is 49.8 Å². The Balaban J connectivity index is 1.63. The predicted octanol–water partition coefficient (Wildman–Crippen LogP) is 3.74. The van der Waals surface area contributed by atoms with Crippen LogP contribution in [0.15, 0.2) is 59.4 Å². The second-order valence-electron chi connectivity index (χ2n) is 6.35. The molecule has 2 atom stereocenters. The van der Waals surface area contributed by atoms with Gasteiger partial charge >= 0.3 is 5.97 Å². The molecule has 1 aliphatic heterocycles. The van der Waals surface area contributed by atoms with Crippen molar-refractivity contribution in [3.63, 3.8) is 0 Å². The van der Waals surface area contributed by atoms with Crippen molar-refractivity contribution in [3.05, 3.63) is 59.4 Å². The maximum atomic E-state index is 12.4. The lowest BCUT2D eigenvalue weighted by Crippen LogP contribution is -2.35. The first-order valence-corrected chi connectivity index (χ1v) is 9.30. The topological polar surface area (TPSA) is 54.0 Å². The molecule has 0 spiro atoms. The number of hydrogen-bond acceptors (Lipinski definition) is 5. The van der Waals surface area contributed by atoms with Gasteiger partial charge < -0.3 is 18.9 Å². The van der Waals surface area contributed by atoms with Crippen molar-refractivity contribution in [1.29, 1.82) is 0 Å². The largest absolute Gasteiger partial charge is 0.461 e. The molecule has 3 rings (SSSR count). The monoisotopic (exact) mass is 358 g/mol. The Morgan fingerprint density at radius 3 is 3.04 bits per heavy atom. The Bertz CT molecular complexity index is 653. The van der Waals surface area contributed by atoms with Crippen molar-refractivity contribution in [2.45, 2.75) is 45.0 Å². The molecule has 0 bridgehead atoms. The van der Waals surface area contributed by atoms with Gasteiger partial charge in [-0.3, -0.25) is 0 Å². The summed E-state index contributed by atoms with van der Waals surface area (Å²) in [5.41, 5.74) is 3.27. The number of carbonyl (C=O) groups excluding carboxylic acids is 1. The fourth-order valence-corrected chi connectivity index (χ4v) is 3.05. The maximum Gasteiger partial charge on any atom is 0.376 e.